The number of hydrogen-bond donors (Lipinski definition) is 0. The topological polar surface area (TPSA) is 29.5 Å². The van der Waals surface area contributed by atoms with Crippen LogP contribution >= 0.6 is 0 Å². The van der Waals surface area contributed by atoms with E-state index < -0.39 is 6.61 Å². The maximum Gasteiger partial charge on any atom is 0.387 e. The third-order valence-electron chi connectivity index (χ3n) is 3.38. The molecule has 2 aromatic rings. The SMILES string of the molecule is Cc1cc(C)cc(C(=O)N(C)Cc2ccc(OC(F)F)cc2)c1. The highest BCUT2D eigenvalue weighted by Crippen LogP contribution is 2.17. The number of rotatable bonds is 5. The van der Waals surface area contributed by atoms with Crippen LogP contribution in [0.25, 0.3) is 0 Å². The summed E-state index contributed by atoms with van der Waals surface area (Å²) in [5, 5.41) is 0. The summed E-state index contributed by atoms with van der Waals surface area (Å²) in [6.45, 7) is 1.45. The van der Waals surface area contributed by atoms with E-state index in [9.17, 15) is 13.6 Å². The molecule has 3 nitrogen and oxygen atoms in total. The molecule has 0 spiro atoms. The summed E-state index contributed by atoms with van der Waals surface area (Å²) in [7, 11) is 1.71. The lowest BCUT2D eigenvalue weighted by atomic mass is 10.1. The Labute approximate surface area is 134 Å². The molecule has 23 heavy (non-hydrogen) atoms. The molecule has 5 heteroatoms. The molecule has 0 aliphatic rings. The van der Waals surface area contributed by atoms with Gasteiger partial charge in [0.25, 0.3) is 5.91 Å². The number of hydrogen-bond acceptors (Lipinski definition) is 2. The van der Waals surface area contributed by atoms with Gasteiger partial charge in [-0.2, -0.15) is 8.78 Å². The number of carbonyl (C=O) groups excluding carboxylic acids is 1. The normalized spacial score (nSPS) is 10.7. The average Bonchev–Trinajstić information content (AvgIpc) is 2.47. The Morgan fingerprint density at radius 1 is 1.09 bits per heavy atom. The molecule has 0 aliphatic heterocycles. The summed E-state index contributed by atoms with van der Waals surface area (Å²) < 4.78 is 28.5. The van der Waals surface area contributed by atoms with E-state index in [4.69, 9.17) is 0 Å². The van der Waals surface area contributed by atoms with E-state index in [-0.39, 0.29) is 11.7 Å². The molecule has 1 amide bonds. The highest BCUT2D eigenvalue weighted by molar-refractivity contribution is 5.94. The van der Waals surface area contributed by atoms with Crippen LogP contribution in [0.2, 0.25) is 0 Å². The monoisotopic (exact) mass is 319 g/mol. The molecule has 2 aromatic carbocycles. The van der Waals surface area contributed by atoms with Crippen molar-refractivity contribution in [2.45, 2.75) is 27.0 Å². The van der Waals surface area contributed by atoms with Gasteiger partial charge in [-0.3, -0.25) is 4.79 Å². The van der Waals surface area contributed by atoms with Gasteiger partial charge in [-0.15, -0.1) is 0 Å². The molecule has 0 atom stereocenters. The van der Waals surface area contributed by atoms with E-state index in [1.165, 1.54) is 12.1 Å². The molecule has 0 fully saturated rings. The quantitative estimate of drug-likeness (QED) is 0.827. The third-order valence-corrected chi connectivity index (χ3v) is 3.38. The van der Waals surface area contributed by atoms with Crippen LogP contribution in [0.4, 0.5) is 8.78 Å². The minimum atomic E-state index is -2.84. The molecular weight excluding hydrogens is 300 g/mol. The zero-order valence-corrected chi connectivity index (χ0v) is 13.3. The molecule has 0 heterocycles. The lowest BCUT2D eigenvalue weighted by molar-refractivity contribution is -0.0498. The molecule has 0 bridgehead atoms. The lowest BCUT2D eigenvalue weighted by Gasteiger charge is -2.18. The first-order valence-corrected chi connectivity index (χ1v) is 7.22. The molecule has 122 valence electrons. The van der Waals surface area contributed by atoms with Gasteiger partial charge in [0.2, 0.25) is 0 Å². The van der Waals surface area contributed by atoms with Gasteiger partial charge in [-0.25, -0.2) is 0 Å². The summed E-state index contributed by atoms with van der Waals surface area (Å²) in [5.74, 6) is 0.0248. The first kappa shape index (κ1) is 16.9. The zero-order valence-electron chi connectivity index (χ0n) is 13.3. The third kappa shape index (κ3) is 4.77. The van der Waals surface area contributed by atoms with Gasteiger partial charge in [0, 0.05) is 19.2 Å². The molecule has 0 unspecified atom stereocenters. The second-order valence-corrected chi connectivity index (χ2v) is 5.56. The summed E-state index contributed by atoms with van der Waals surface area (Å²) in [6.07, 6.45) is 0. The molecule has 0 saturated carbocycles. The van der Waals surface area contributed by atoms with Crippen LogP contribution in [-0.4, -0.2) is 24.5 Å². The predicted octanol–water partition coefficient (Wildman–Crippen LogP) is 4.18. The zero-order chi connectivity index (χ0) is 17.0. The molecule has 0 aliphatic carbocycles. The number of benzene rings is 2. The predicted molar refractivity (Wildman–Crippen MR) is 84.8 cm³/mol. The summed E-state index contributed by atoms with van der Waals surface area (Å²) in [6, 6.07) is 12.0. The molecule has 0 aromatic heterocycles. The first-order chi connectivity index (χ1) is 10.8. The minimum absolute atomic E-state index is 0.0790. The van der Waals surface area contributed by atoms with E-state index in [0.29, 0.717) is 12.1 Å². The number of carbonyl (C=O) groups is 1. The highest BCUT2D eigenvalue weighted by atomic mass is 19.3. The van der Waals surface area contributed by atoms with Crippen molar-refractivity contribution in [3.63, 3.8) is 0 Å². The maximum atomic E-state index is 12.5. The Bertz CT molecular complexity index is 664. The van der Waals surface area contributed by atoms with E-state index in [1.807, 2.05) is 32.0 Å². The molecule has 0 N–H and O–H groups in total. The Kier molecular flexibility index (Phi) is 5.32. The fourth-order valence-corrected chi connectivity index (χ4v) is 2.44. The Hall–Kier alpha value is -2.43. The van der Waals surface area contributed by atoms with E-state index >= 15 is 0 Å². The summed E-state index contributed by atoms with van der Waals surface area (Å²) in [5.41, 5.74) is 3.56. The van der Waals surface area contributed by atoms with Gasteiger partial charge in [0.15, 0.2) is 0 Å². The Balaban J connectivity index is 2.05. The number of alkyl halides is 2. The molecular formula is C18H19F2NO2. The van der Waals surface area contributed by atoms with Gasteiger partial charge >= 0.3 is 6.61 Å². The van der Waals surface area contributed by atoms with Gasteiger partial charge in [0.1, 0.15) is 5.75 Å². The largest absolute Gasteiger partial charge is 0.435 e. The van der Waals surface area contributed by atoms with Crippen LogP contribution in [-0.2, 0) is 6.54 Å². The summed E-state index contributed by atoms with van der Waals surface area (Å²) >= 11 is 0. The fourth-order valence-electron chi connectivity index (χ4n) is 2.44. The van der Waals surface area contributed by atoms with Crippen molar-refractivity contribution in [2.75, 3.05) is 7.05 Å². The lowest BCUT2D eigenvalue weighted by Crippen LogP contribution is -2.26. The smallest absolute Gasteiger partial charge is 0.387 e. The Morgan fingerprint density at radius 3 is 2.17 bits per heavy atom. The van der Waals surface area contributed by atoms with Crippen LogP contribution in [0, 0.1) is 13.8 Å². The van der Waals surface area contributed by atoms with Crippen LogP contribution < -0.4 is 4.74 Å². The van der Waals surface area contributed by atoms with Gasteiger partial charge in [-0.05, 0) is 43.7 Å². The molecule has 0 saturated heterocycles. The van der Waals surface area contributed by atoms with Crippen molar-refractivity contribution >= 4 is 5.91 Å². The van der Waals surface area contributed by atoms with Crippen molar-refractivity contribution in [2.24, 2.45) is 0 Å². The van der Waals surface area contributed by atoms with Crippen LogP contribution in [0.15, 0.2) is 42.5 Å². The van der Waals surface area contributed by atoms with Crippen molar-refractivity contribution in [1.82, 2.24) is 4.90 Å². The fraction of sp³-hybridized carbons (Fsp3) is 0.278. The highest BCUT2D eigenvalue weighted by Gasteiger charge is 2.13. The van der Waals surface area contributed by atoms with E-state index in [2.05, 4.69) is 4.74 Å². The number of halogens is 2. The van der Waals surface area contributed by atoms with E-state index in [1.54, 1.807) is 24.1 Å². The number of amides is 1. The standard InChI is InChI=1S/C18H19F2NO2/c1-12-8-13(2)10-15(9-12)17(22)21(3)11-14-4-6-16(7-5-14)23-18(19)20/h4-10,18H,11H2,1-3H3. The average molecular weight is 319 g/mol. The van der Waals surface area contributed by atoms with Crippen molar-refractivity contribution in [3.05, 3.63) is 64.7 Å². The van der Waals surface area contributed by atoms with E-state index in [0.717, 1.165) is 16.7 Å². The van der Waals surface area contributed by atoms with Gasteiger partial charge in [0.05, 0.1) is 0 Å². The maximum absolute atomic E-state index is 12.5. The number of aryl methyl sites for hydroxylation is 2. The molecule has 2 rings (SSSR count). The first-order valence-electron chi connectivity index (χ1n) is 7.22. The van der Waals surface area contributed by atoms with Crippen molar-refractivity contribution < 1.29 is 18.3 Å². The second-order valence-electron chi connectivity index (χ2n) is 5.56. The van der Waals surface area contributed by atoms with Crippen molar-refractivity contribution in [3.8, 4) is 5.75 Å². The second kappa shape index (κ2) is 7.22. The van der Waals surface area contributed by atoms with Gasteiger partial charge in [-0.1, -0.05) is 29.3 Å². The van der Waals surface area contributed by atoms with Crippen LogP contribution in [0.5, 0.6) is 5.75 Å². The number of nitrogens with zero attached hydrogens (tertiary/aromatic N) is 1. The molecule has 0 radical (unpaired) electrons. The Morgan fingerprint density at radius 2 is 1.65 bits per heavy atom. The summed E-state index contributed by atoms with van der Waals surface area (Å²) in [4.78, 5) is 14.1. The van der Waals surface area contributed by atoms with Crippen LogP contribution in [0.1, 0.15) is 27.0 Å². The number of ether oxygens (including phenoxy) is 1. The van der Waals surface area contributed by atoms with Gasteiger partial charge < -0.3 is 9.64 Å². The van der Waals surface area contributed by atoms with Crippen molar-refractivity contribution in [1.29, 1.82) is 0 Å². The van der Waals surface area contributed by atoms with Crippen LogP contribution in [0.3, 0.4) is 0 Å². The minimum Gasteiger partial charge on any atom is -0.435 e.